The molecule has 0 bridgehead atoms. The average Bonchev–Trinajstić information content (AvgIpc) is 3.09. The van der Waals surface area contributed by atoms with Gasteiger partial charge < -0.3 is 14.7 Å². The van der Waals surface area contributed by atoms with Crippen LogP contribution in [0.15, 0.2) is 42.5 Å². The van der Waals surface area contributed by atoms with Crippen LogP contribution in [0.3, 0.4) is 0 Å². The van der Waals surface area contributed by atoms with Gasteiger partial charge in [-0.1, -0.05) is 6.07 Å². The number of aliphatic carboxylic acids is 1. The number of anilines is 1. The molecular formula is C20H17F3N2O3. The second kappa shape index (κ2) is 7.80. The maximum absolute atomic E-state index is 13.3. The number of ether oxygens (including phenoxy) is 1. The van der Waals surface area contributed by atoms with E-state index in [1.807, 2.05) is 4.90 Å². The summed E-state index contributed by atoms with van der Waals surface area (Å²) in [5.41, 5.74) is -0.438. The number of rotatable bonds is 5. The Bertz CT molecular complexity index is 922. The summed E-state index contributed by atoms with van der Waals surface area (Å²) >= 11 is 0. The Labute approximate surface area is 159 Å². The average molecular weight is 390 g/mol. The number of carbonyl (C=O) groups is 1. The van der Waals surface area contributed by atoms with Crippen LogP contribution in [0.25, 0.3) is 0 Å². The molecule has 1 aliphatic heterocycles. The number of alkyl halides is 3. The first kappa shape index (κ1) is 19.5. The van der Waals surface area contributed by atoms with E-state index in [9.17, 15) is 18.0 Å². The van der Waals surface area contributed by atoms with Gasteiger partial charge in [-0.2, -0.15) is 18.4 Å². The molecule has 1 heterocycles. The van der Waals surface area contributed by atoms with E-state index in [1.165, 1.54) is 12.1 Å². The van der Waals surface area contributed by atoms with Crippen molar-refractivity contribution in [2.45, 2.75) is 31.5 Å². The molecule has 1 atom stereocenters. The van der Waals surface area contributed by atoms with Gasteiger partial charge in [-0.15, -0.1) is 0 Å². The van der Waals surface area contributed by atoms with E-state index >= 15 is 0 Å². The van der Waals surface area contributed by atoms with Crippen LogP contribution < -0.4 is 9.64 Å². The van der Waals surface area contributed by atoms with Crippen molar-refractivity contribution in [2.75, 3.05) is 11.4 Å². The SMILES string of the molecule is N#Cc1ccc(Oc2cccc(N3CCCC3CC(=O)O)c2)c(C(F)(F)F)c1. The topological polar surface area (TPSA) is 73.6 Å². The monoisotopic (exact) mass is 390 g/mol. The van der Waals surface area contributed by atoms with Gasteiger partial charge >= 0.3 is 12.1 Å². The van der Waals surface area contributed by atoms with Crippen molar-refractivity contribution < 1.29 is 27.8 Å². The van der Waals surface area contributed by atoms with Gasteiger partial charge in [0.25, 0.3) is 0 Å². The largest absolute Gasteiger partial charge is 0.481 e. The molecule has 1 unspecified atom stereocenters. The van der Waals surface area contributed by atoms with Crippen LogP contribution in [0, 0.1) is 11.3 Å². The van der Waals surface area contributed by atoms with E-state index in [1.54, 1.807) is 24.3 Å². The highest BCUT2D eigenvalue weighted by Gasteiger charge is 2.35. The molecule has 0 aliphatic carbocycles. The molecule has 0 aromatic heterocycles. The molecule has 0 amide bonds. The molecule has 146 valence electrons. The highest BCUT2D eigenvalue weighted by atomic mass is 19.4. The molecule has 8 heteroatoms. The molecule has 2 aromatic carbocycles. The zero-order valence-electron chi connectivity index (χ0n) is 14.7. The summed E-state index contributed by atoms with van der Waals surface area (Å²) in [5.74, 6) is -1.09. The van der Waals surface area contributed by atoms with Crippen molar-refractivity contribution in [1.82, 2.24) is 0 Å². The van der Waals surface area contributed by atoms with Crippen LogP contribution in [-0.2, 0) is 11.0 Å². The van der Waals surface area contributed by atoms with Gasteiger partial charge in [0.15, 0.2) is 0 Å². The molecule has 0 spiro atoms. The first-order valence-corrected chi connectivity index (χ1v) is 8.65. The molecule has 1 aliphatic rings. The number of nitriles is 1. The van der Waals surface area contributed by atoms with Crippen LogP contribution in [0.2, 0.25) is 0 Å². The van der Waals surface area contributed by atoms with E-state index < -0.39 is 23.5 Å². The van der Waals surface area contributed by atoms with Crippen LogP contribution in [0.5, 0.6) is 11.5 Å². The predicted molar refractivity (Wildman–Crippen MR) is 95.3 cm³/mol. The second-order valence-electron chi connectivity index (χ2n) is 6.51. The maximum atomic E-state index is 13.3. The lowest BCUT2D eigenvalue weighted by atomic mass is 10.1. The predicted octanol–water partition coefficient (Wildman–Crippen LogP) is 4.81. The van der Waals surface area contributed by atoms with Gasteiger partial charge in [-0.3, -0.25) is 4.79 Å². The van der Waals surface area contributed by atoms with Crippen molar-refractivity contribution in [3.05, 3.63) is 53.6 Å². The van der Waals surface area contributed by atoms with E-state index in [2.05, 4.69) is 0 Å². The fraction of sp³-hybridized carbons (Fsp3) is 0.300. The van der Waals surface area contributed by atoms with Crippen LogP contribution in [0.4, 0.5) is 18.9 Å². The summed E-state index contributed by atoms with van der Waals surface area (Å²) < 4.78 is 45.4. The molecule has 3 rings (SSSR count). The number of hydrogen-bond donors (Lipinski definition) is 1. The summed E-state index contributed by atoms with van der Waals surface area (Å²) in [6.07, 6.45) is -3.08. The molecule has 1 fully saturated rings. The number of nitrogens with zero attached hydrogens (tertiary/aromatic N) is 2. The highest BCUT2D eigenvalue weighted by molar-refractivity contribution is 5.69. The van der Waals surface area contributed by atoms with E-state index in [0.717, 1.165) is 25.0 Å². The molecule has 1 N–H and O–H groups in total. The van der Waals surface area contributed by atoms with Gasteiger partial charge in [0.1, 0.15) is 11.5 Å². The lowest BCUT2D eigenvalue weighted by Gasteiger charge is -2.26. The van der Waals surface area contributed by atoms with Crippen molar-refractivity contribution >= 4 is 11.7 Å². The van der Waals surface area contributed by atoms with Crippen molar-refractivity contribution in [3.63, 3.8) is 0 Å². The fourth-order valence-corrected chi connectivity index (χ4v) is 3.35. The summed E-state index contributed by atoms with van der Waals surface area (Å²) in [6.45, 7) is 0.673. The maximum Gasteiger partial charge on any atom is 0.420 e. The third-order valence-electron chi connectivity index (χ3n) is 4.58. The standard InChI is InChI=1S/C20H17F3N2O3/c21-20(22,23)17-9-13(12-24)6-7-18(17)28-16-5-1-3-14(10-16)25-8-2-4-15(25)11-19(26)27/h1,3,5-7,9-10,15H,2,4,8,11H2,(H,26,27). The highest BCUT2D eigenvalue weighted by Crippen LogP contribution is 2.39. The lowest BCUT2D eigenvalue weighted by Crippen LogP contribution is -2.31. The van der Waals surface area contributed by atoms with E-state index in [4.69, 9.17) is 15.1 Å². The zero-order chi connectivity index (χ0) is 20.3. The van der Waals surface area contributed by atoms with Crippen LogP contribution in [0.1, 0.15) is 30.4 Å². The Hall–Kier alpha value is -3.21. The first-order chi connectivity index (χ1) is 13.3. The van der Waals surface area contributed by atoms with Crippen LogP contribution >= 0.6 is 0 Å². The van der Waals surface area contributed by atoms with Crippen molar-refractivity contribution in [2.24, 2.45) is 0 Å². The quantitative estimate of drug-likeness (QED) is 0.793. The second-order valence-corrected chi connectivity index (χ2v) is 6.51. The van der Waals surface area contributed by atoms with E-state index in [-0.39, 0.29) is 23.8 Å². The molecule has 1 saturated heterocycles. The zero-order valence-corrected chi connectivity index (χ0v) is 14.7. The van der Waals surface area contributed by atoms with Gasteiger partial charge in [-0.05, 0) is 43.2 Å². The minimum Gasteiger partial charge on any atom is -0.481 e. The summed E-state index contributed by atoms with van der Waals surface area (Å²) in [6, 6.07) is 11.2. The van der Waals surface area contributed by atoms with Crippen molar-refractivity contribution in [1.29, 1.82) is 5.26 Å². The number of benzene rings is 2. The van der Waals surface area contributed by atoms with Crippen LogP contribution in [-0.4, -0.2) is 23.7 Å². The van der Waals surface area contributed by atoms with E-state index in [0.29, 0.717) is 12.2 Å². The Morgan fingerprint density at radius 3 is 2.75 bits per heavy atom. The molecule has 28 heavy (non-hydrogen) atoms. The molecule has 0 saturated carbocycles. The minimum absolute atomic E-state index is 0.00106. The molecule has 0 radical (unpaired) electrons. The number of halogens is 3. The smallest absolute Gasteiger partial charge is 0.420 e. The molecule has 2 aromatic rings. The number of hydrogen-bond acceptors (Lipinski definition) is 4. The number of carboxylic acid groups (broad SMARTS) is 1. The third-order valence-corrected chi connectivity index (χ3v) is 4.58. The fourth-order valence-electron chi connectivity index (χ4n) is 3.35. The summed E-state index contributed by atoms with van der Waals surface area (Å²) in [4.78, 5) is 13.0. The Balaban J connectivity index is 1.88. The Morgan fingerprint density at radius 2 is 2.07 bits per heavy atom. The minimum atomic E-state index is -4.67. The van der Waals surface area contributed by atoms with Gasteiger partial charge in [0.05, 0.1) is 23.6 Å². The normalized spacial score (nSPS) is 16.6. The van der Waals surface area contributed by atoms with Gasteiger partial charge in [0, 0.05) is 24.3 Å². The van der Waals surface area contributed by atoms with Gasteiger partial charge in [0.2, 0.25) is 0 Å². The summed E-state index contributed by atoms with van der Waals surface area (Å²) in [7, 11) is 0. The number of carboxylic acids is 1. The Morgan fingerprint density at radius 1 is 1.29 bits per heavy atom. The summed E-state index contributed by atoms with van der Waals surface area (Å²) in [5, 5.41) is 17.9. The lowest BCUT2D eigenvalue weighted by molar-refractivity contribution is -0.139. The Kier molecular flexibility index (Phi) is 5.45. The first-order valence-electron chi connectivity index (χ1n) is 8.65. The van der Waals surface area contributed by atoms with Gasteiger partial charge in [-0.25, -0.2) is 0 Å². The third kappa shape index (κ3) is 4.36. The van der Waals surface area contributed by atoms with Crippen molar-refractivity contribution in [3.8, 4) is 17.6 Å². The molecular weight excluding hydrogens is 373 g/mol. The molecule has 5 nitrogen and oxygen atoms in total.